The second-order valence-corrected chi connectivity index (χ2v) is 13.0. The molecule has 17 nitrogen and oxygen atoms in total. The quantitative estimate of drug-likeness (QED) is 0.139. The van der Waals surface area contributed by atoms with Crippen molar-refractivity contribution >= 4 is 36.8 Å². The molecule has 46 heavy (non-hydrogen) atoms. The number of hydrogen-bond acceptors (Lipinski definition) is 15. The predicted octanol–water partition coefficient (Wildman–Crippen LogP) is 1.04. The number of imidazole rings is 1. The average Bonchev–Trinajstić information content (AvgIpc) is 3.24. The minimum atomic E-state index is -4.65. The summed E-state index contributed by atoms with van der Waals surface area (Å²) >= 11 is 0. The van der Waals surface area contributed by atoms with Crippen LogP contribution in [0.25, 0.3) is 11.2 Å². The summed E-state index contributed by atoms with van der Waals surface area (Å²) in [5.41, 5.74) is 2.69. The zero-order valence-electron chi connectivity index (χ0n) is 25.9. The zero-order valence-corrected chi connectivity index (χ0v) is 26.7. The van der Waals surface area contributed by atoms with Crippen molar-refractivity contribution in [3.63, 3.8) is 0 Å². The van der Waals surface area contributed by atoms with E-state index in [1.165, 1.54) is 24.9 Å². The molecule has 2 aliphatic rings. The number of carbonyl (C=O) groups excluding carboxylic acids is 2. The van der Waals surface area contributed by atoms with Crippen molar-refractivity contribution in [3.05, 3.63) is 42.2 Å². The summed E-state index contributed by atoms with van der Waals surface area (Å²) in [4.78, 5) is 37.7. The number of hydrogen-bond donors (Lipinski definition) is 4. The first-order valence-electron chi connectivity index (χ1n) is 14.5. The minimum Gasteiger partial charge on any atom is -0.479 e. The van der Waals surface area contributed by atoms with Gasteiger partial charge in [-0.2, -0.15) is 9.97 Å². The first-order chi connectivity index (χ1) is 21.7. The molecular formula is C28H37N6O11P. The van der Waals surface area contributed by atoms with E-state index in [9.17, 15) is 24.4 Å². The van der Waals surface area contributed by atoms with Crippen molar-refractivity contribution in [2.45, 2.75) is 75.9 Å². The number of anilines is 1. The number of aliphatic hydroxyl groups is 2. The molecule has 2 aromatic heterocycles. The van der Waals surface area contributed by atoms with Gasteiger partial charge < -0.3 is 34.9 Å². The summed E-state index contributed by atoms with van der Waals surface area (Å²) in [6.07, 6.45) is -3.10. The summed E-state index contributed by atoms with van der Waals surface area (Å²) in [7, 11) is -3.27. The number of fused-ring (bicyclic) bond motifs is 2. The third kappa shape index (κ3) is 6.31. The monoisotopic (exact) mass is 664 g/mol. The number of nitrogens with one attached hydrogen (secondary N) is 1. The number of nitrogens with two attached hydrogens (primary N) is 1. The molecule has 0 spiro atoms. The molecule has 1 saturated heterocycles. The number of esters is 2. The van der Waals surface area contributed by atoms with Crippen LogP contribution in [-0.4, -0.2) is 97.6 Å². The van der Waals surface area contributed by atoms with E-state index in [0.29, 0.717) is 5.56 Å². The number of nitrogens with zero attached hydrogens (tertiary/aromatic N) is 4. The molecule has 7 unspecified atom stereocenters. The largest absolute Gasteiger partial charge is 0.479 e. The third-order valence-electron chi connectivity index (χ3n) is 7.60. The molecule has 5 rings (SSSR count). The topological polar surface area (TPSA) is 229 Å². The maximum atomic E-state index is 14.3. The van der Waals surface area contributed by atoms with E-state index in [1.807, 2.05) is 0 Å². The number of carbonyl (C=O) groups is 2. The van der Waals surface area contributed by atoms with Gasteiger partial charge in [-0.05, 0) is 39.7 Å². The Bertz CT molecular complexity index is 1640. The van der Waals surface area contributed by atoms with Gasteiger partial charge in [-0.15, -0.1) is 0 Å². The van der Waals surface area contributed by atoms with Crippen molar-refractivity contribution in [1.82, 2.24) is 24.6 Å². The fourth-order valence-corrected chi connectivity index (χ4v) is 6.97. The highest BCUT2D eigenvalue weighted by atomic mass is 31.2. The molecule has 3 aromatic rings. The molecule has 1 aliphatic carbocycles. The van der Waals surface area contributed by atoms with Crippen LogP contribution in [0.15, 0.2) is 36.7 Å². The molecule has 1 aliphatic heterocycles. The number of benzene rings is 1. The fourth-order valence-electron chi connectivity index (χ4n) is 5.35. The smallest absolute Gasteiger partial charge is 0.407 e. The second-order valence-electron chi connectivity index (χ2n) is 11.3. The lowest BCUT2D eigenvalue weighted by Gasteiger charge is -2.33. The highest BCUT2D eigenvalue weighted by Crippen LogP contribution is 2.65. The van der Waals surface area contributed by atoms with E-state index >= 15 is 0 Å². The van der Waals surface area contributed by atoms with Gasteiger partial charge in [-0.3, -0.25) is 18.4 Å². The number of methoxy groups -OCH3 is 1. The van der Waals surface area contributed by atoms with Crippen LogP contribution in [0.3, 0.4) is 0 Å². The van der Waals surface area contributed by atoms with Crippen molar-refractivity contribution in [2.24, 2.45) is 0 Å². The van der Waals surface area contributed by atoms with E-state index in [4.69, 9.17) is 33.7 Å². The Morgan fingerprint density at radius 3 is 2.54 bits per heavy atom. The Balaban J connectivity index is 1.41. The third-order valence-corrected chi connectivity index (χ3v) is 9.20. The standard InChI is InChI=1S/C28H37N6O11P/c1-6-41-18(35)13-42-46(39,33-17(24(36)43-15(2)3)12-16-10-8-7-9-11-16)45-21-20-28(21,38)27(4,37)25(44-20)34-14-30-19-22(34)31-26(29)32-23(19)40-5/h7-11,14-15,17,20-21,25,37-38H,6,12-13H2,1-5H3,(H,33,39)(H2,29,31,32). The fraction of sp³-hybridized carbons (Fsp3) is 0.536. The summed E-state index contributed by atoms with van der Waals surface area (Å²) in [5, 5.41) is 25.9. The van der Waals surface area contributed by atoms with Crippen molar-refractivity contribution in [1.29, 1.82) is 0 Å². The molecular weight excluding hydrogens is 627 g/mol. The normalized spacial score (nSPS) is 27.2. The molecule has 0 radical (unpaired) electrons. The molecule has 1 saturated carbocycles. The first-order valence-corrected chi connectivity index (χ1v) is 16.0. The van der Waals surface area contributed by atoms with Crippen molar-refractivity contribution in [2.75, 3.05) is 26.1 Å². The summed E-state index contributed by atoms with van der Waals surface area (Å²) in [5.74, 6) is -1.64. The van der Waals surface area contributed by atoms with Crippen LogP contribution in [0.2, 0.25) is 0 Å². The molecule has 7 atom stereocenters. The van der Waals surface area contributed by atoms with Gasteiger partial charge in [-0.25, -0.2) is 19.4 Å². The van der Waals surface area contributed by atoms with E-state index in [-0.39, 0.29) is 36.0 Å². The van der Waals surface area contributed by atoms with Crippen molar-refractivity contribution in [3.8, 4) is 5.88 Å². The summed E-state index contributed by atoms with van der Waals surface area (Å²) < 4.78 is 48.3. The molecule has 3 heterocycles. The Morgan fingerprint density at radius 1 is 1.22 bits per heavy atom. The van der Waals surface area contributed by atoms with Crippen LogP contribution in [0.1, 0.15) is 39.5 Å². The van der Waals surface area contributed by atoms with Gasteiger partial charge in [0.05, 0.1) is 26.1 Å². The zero-order chi connectivity index (χ0) is 33.4. The predicted molar refractivity (Wildman–Crippen MR) is 159 cm³/mol. The molecule has 0 amide bonds. The van der Waals surface area contributed by atoms with E-state index in [0.717, 1.165) is 0 Å². The van der Waals surface area contributed by atoms with Crippen LogP contribution >= 0.6 is 7.75 Å². The molecule has 5 N–H and O–H groups in total. The minimum absolute atomic E-state index is 0.0132. The van der Waals surface area contributed by atoms with Crippen LogP contribution in [0.4, 0.5) is 5.95 Å². The van der Waals surface area contributed by atoms with Gasteiger partial charge in [0.25, 0.3) is 0 Å². The lowest BCUT2D eigenvalue weighted by molar-refractivity contribution is -0.156. The first kappa shape index (κ1) is 33.7. The molecule has 250 valence electrons. The molecule has 1 aromatic carbocycles. The SMILES string of the molecule is CCOC(=O)COP(=O)(NC(Cc1ccccc1)C(=O)OC(C)C)OC1C2OC(n3cnc4c(OC)nc(N)nc43)C(C)(O)C21O. The van der Waals surface area contributed by atoms with Gasteiger partial charge in [0.2, 0.25) is 11.8 Å². The lowest BCUT2D eigenvalue weighted by atomic mass is 9.95. The Morgan fingerprint density at radius 2 is 1.93 bits per heavy atom. The van der Waals surface area contributed by atoms with Crippen LogP contribution in [-0.2, 0) is 43.8 Å². The van der Waals surface area contributed by atoms with Gasteiger partial charge in [-0.1, -0.05) is 30.3 Å². The van der Waals surface area contributed by atoms with Crippen LogP contribution < -0.4 is 15.6 Å². The highest BCUT2D eigenvalue weighted by Gasteiger charge is 2.84. The van der Waals surface area contributed by atoms with E-state index in [1.54, 1.807) is 51.1 Å². The second kappa shape index (κ2) is 12.8. The van der Waals surface area contributed by atoms with Gasteiger partial charge in [0, 0.05) is 0 Å². The van der Waals surface area contributed by atoms with Crippen LogP contribution in [0, 0.1) is 0 Å². The number of aromatic nitrogens is 4. The summed E-state index contributed by atoms with van der Waals surface area (Å²) in [6, 6.07) is 7.59. The van der Waals surface area contributed by atoms with E-state index in [2.05, 4.69) is 20.0 Å². The number of rotatable bonds is 14. The number of ether oxygens (including phenoxy) is 4. The highest BCUT2D eigenvalue weighted by molar-refractivity contribution is 7.51. The Labute approximate surface area is 263 Å². The maximum absolute atomic E-state index is 14.3. The molecule has 2 fully saturated rings. The van der Waals surface area contributed by atoms with Crippen molar-refractivity contribution < 1.29 is 52.4 Å². The van der Waals surface area contributed by atoms with Gasteiger partial charge in [0.1, 0.15) is 23.9 Å². The van der Waals surface area contributed by atoms with Gasteiger partial charge >= 0.3 is 19.7 Å². The Kier molecular flexibility index (Phi) is 9.39. The average molecular weight is 665 g/mol. The Hall–Kier alpha value is -3.70. The van der Waals surface area contributed by atoms with Gasteiger partial charge in [0.15, 0.2) is 29.6 Å². The van der Waals surface area contributed by atoms with E-state index < -0.39 is 68.1 Å². The lowest BCUT2D eigenvalue weighted by Crippen LogP contribution is -2.49. The van der Waals surface area contributed by atoms with Crippen LogP contribution in [0.5, 0.6) is 5.88 Å². The molecule has 0 bridgehead atoms. The molecule has 18 heteroatoms. The number of nitrogen functional groups attached to an aromatic ring is 1. The summed E-state index contributed by atoms with van der Waals surface area (Å²) in [6.45, 7) is 5.41. The maximum Gasteiger partial charge on any atom is 0.407 e.